The van der Waals surface area contributed by atoms with Crippen molar-refractivity contribution in [2.75, 3.05) is 6.54 Å². The number of rotatable bonds is 7. The maximum Gasteiger partial charge on any atom is 0.126 e. The van der Waals surface area contributed by atoms with E-state index >= 15 is 0 Å². The monoisotopic (exact) mass is 223 g/mol. The SMILES string of the molecule is CCNC(c1nccn1CC)C(CC)CC. The first-order chi connectivity index (χ1) is 7.78. The third-order valence-corrected chi connectivity index (χ3v) is 3.31. The molecule has 1 N–H and O–H groups in total. The first kappa shape index (κ1) is 13.2. The highest BCUT2D eigenvalue weighted by molar-refractivity contribution is 5.01. The Labute approximate surface area is 99.3 Å². The minimum atomic E-state index is 0.398. The van der Waals surface area contributed by atoms with E-state index in [4.69, 9.17) is 0 Å². The average Bonchev–Trinajstić information content (AvgIpc) is 2.77. The third kappa shape index (κ3) is 2.85. The van der Waals surface area contributed by atoms with Gasteiger partial charge in [-0.1, -0.05) is 33.6 Å². The van der Waals surface area contributed by atoms with Crippen LogP contribution in [0.3, 0.4) is 0 Å². The zero-order chi connectivity index (χ0) is 12.0. The highest BCUT2D eigenvalue weighted by atomic mass is 15.1. The van der Waals surface area contributed by atoms with Gasteiger partial charge in [-0.2, -0.15) is 0 Å². The van der Waals surface area contributed by atoms with Crippen LogP contribution in [0, 0.1) is 5.92 Å². The molecule has 0 aliphatic rings. The quantitative estimate of drug-likeness (QED) is 0.770. The molecule has 16 heavy (non-hydrogen) atoms. The zero-order valence-electron chi connectivity index (χ0n) is 11.0. The van der Waals surface area contributed by atoms with E-state index in [9.17, 15) is 0 Å². The Hall–Kier alpha value is -0.830. The van der Waals surface area contributed by atoms with Crippen LogP contribution in [0.5, 0.6) is 0 Å². The van der Waals surface area contributed by atoms with Gasteiger partial charge >= 0.3 is 0 Å². The Morgan fingerprint density at radius 1 is 1.25 bits per heavy atom. The van der Waals surface area contributed by atoms with E-state index in [0.29, 0.717) is 12.0 Å². The highest BCUT2D eigenvalue weighted by Crippen LogP contribution is 2.26. The topological polar surface area (TPSA) is 29.9 Å². The summed E-state index contributed by atoms with van der Waals surface area (Å²) < 4.78 is 2.24. The number of aryl methyl sites for hydroxylation is 1. The fraction of sp³-hybridized carbons (Fsp3) is 0.769. The molecule has 0 fully saturated rings. The third-order valence-electron chi connectivity index (χ3n) is 3.31. The molecule has 1 heterocycles. The molecule has 3 nitrogen and oxygen atoms in total. The molecule has 0 bridgehead atoms. The van der Waals surface area contributed by atoms with E-state index in [1.165, 1.54) is 18.7 Å². The van der Waals surface area contributed by atoms with Gasteiger partial charge in [0.05, 0.1) is 6.04 Å². The normalized spacial score (nSPS) is 13.3. The largest absolute Gasteiger partial charge is 0.334 e. The molecule has 1 aromatic rings. The van der Waals surface area contributed by atoms with Crippen molar-refractivity contribution in [2.24, 2.45) is 5.92 Å². The minimum absolute atomic E-state index is 0.398. The van der Waals surface area contributed by atoms with E-state index in [2.05, 4.69) is 48.8 Å². The Kier molecular flexibility index (Phi) is 5.53. The maximum atomic E-state index is 4.52. The first-order valence-corrected chi connectivity index (χ1v) is 6.52. The molecule has 1 atom stereocenters. The first-order valence-electron chi connectivity index (χ1n) is 6.52. The van der Waals surface area contributed by atoms with Crippen molar-refractivity contribution in [3.63, 3.8) is 0 Å². The lowest BCUT2D eigenvalue weighted by Crippen LogP contribution is -2.30. The lowest BCUT2D eigenvalue weighted by Gasteiger charge is -2.26. The van der Waals surface area contributed by atoms with E-state index in [-0.39, 0.29) is 0 Å². The van der Waals surface area contributed by atoms with Crippen LogP contribution in [-0.2, 0) is 6.54 Å². The van der Waals surface area contributed by atoms with Crippen LogP contribution in [-0.4, -0.2) is 16.1 Å². The smallest absolute Gasteiger partial charge is 0.126 e. The van der Waals surface area contributed by atoms with Gasteiger partial charge in [0.25, 0.3) is 0 Å². The van der Waals surface area contributed by atoms with Crippen molar-refractivity contribution in [3.8, 4) is 0 Å². The summed E-state index contributed by atoms with van der Waals surface area (Å²) >= 11 is 0. The molecule has 1 aromatic heterocycles. The number of aromatic nitrogens is 2. The van der Waals surface area contributed by atoms with Crippen molar-refractivity contribution >= 4 is 0 Å². The second kappa shape index (κ2) is 6.69. The second-order valence-corrected chi connectivity index (χ2v) is 4.18. The van der Waals surface area contributed by atoms with Crippen molar-refractivity contribution in [1.29, 1.82) is 0 Å². The van der Waals surface area contributed by atoms with Crippen molar-refractivity contribution in [2.45, 2.75) is 53.1 Å². The molecule has 1 rings (SSSR count). The van der Waals surface area contributed by atoms with Crippen LogP contribution < -0.4 is 5.32 Å². The molecule has 0 aliphatic heterocycles. The molecule has 0 aromatic carbocycles. The van der Waals surface area contributed by atoms with Gasteiger partial charge in [0, 0.05) is 18.9 Å². The van der Waals surface area contributed by atoms with Gasteiger partial charge in [0.1, 0.15) is 5.82 Å². The number of imidazole rings is 1. The molecule has 0 saturated heterocycles. The summed E-state index contributed by atoms with van der Waals surface area (Å²) in [5.41, 5.74) is 0. The maximum absolute atomic E-state index is 4.52. The molecule has 0 radical (unpaired) electrons. The average molecular weight is 223 g/mol. The Balaban J connectivity index is 2.91. The zero-order valence-corrected chi connectivity index (χ0v) is 11.0. The van der Waals surface area contributed by atoms with Crippen LogP contribution in [0.4, 0.5) is 0 Å². The van der Waals surface area contributed by atoms with E-state index in [0.717, 1.165) is 13.1 Å². The summed E-state index contributed by atoms with van der Waals surface area (Å²) in [7, 11) is 0. The Morgan fingerprint density at radius 2 is 1.94 bits per heavy atom. The Bertz CT molecular complexity index is 289. The van der Waals surface area contributed by atoms with Crippen molar-refractivity contribution < 1.29 is 0 Å². The van der Waals surface area contributed by atoms with Gasteiger partial charge < -0.3 is 9.88 Å². The summed E-state index contributed by atoms with van der Waals surface area (Å²) in [6.45, 7) is 10.8. The molecule has 3 heteroatoms. The summed E-state index contributed by atoms with van der Waals surface area (Å²) in [5.74, 6) is 1.87. The molecule has 1 unspecified atom stereocenters. The predicted molar refractivity (Wildman–Crippen MR) is 68.4 cm³/mol. The van der Waals surface area contributed by atoms with Crippen molar-refractivity contribution in [1.82, 2.24) is 14.9 Å². The minimum Gasteiger partial charge on any atom is -0.334 e. The van der Waals surface area contributed by atoms with Gasteiger partial charge in [-0.25, -0.2) is 4.98 Å². The van der Waals surface area contributed by atoms with Gasteiger partial charge in [-0.3, -0.25) is 0 Å². The fourth-order valence-electron chi connectivity index (χ4n) is 2.32. The number of nitrogens with one attached hydrogen (secondary N) is 1. The Morgan fingerprint density at radius 3 is 2.44 bits per heavy atom. The standard InChI is InChI=1S/C13H25N3/c1-5-11(6-2)12(14-7-3)13-15-9-10-16(13)8-4/h9-12,14H,5-8H2,1-4H3. The van der Waals surface area contributed by atoms with Crippen LogP contribution >= 0.6 is 0 Å². The van der Waals surface area contributed by atoms with Gasteiger partial charge in [-0.05, 0) is 19.4 Å². The van der Waals surface area contributed by atoms with Gasteiger partial charge in [0.2, 0.25) is 0 Å². The van der Waals surface area contributed by atoms with Gasteiger partial charge in [0.15, 0.2) is 0 Å². The molecule has 92 valence electrons. The van der Waals surface area contributed by atoms with Crippen LogP contribution in [0.15, 0.2) is 12.4 Å². The van der Waals surface area contributed by atoms with Crippen LogP contribution in [0.2, 0.25) is 0 Å². The van der Waals surface area contributed by atoms with E-state index in [1.54, 1.807) is 0 Å². The number of hydrogen-bond donors (Lipinski definition) is 1. The number of nitrogens with zero attached hydrogens (tertiary/aromatic N) is 2. The fourth-order valence-corrected chi connectivity index (χ4v) is 2.32. The highest BCUT2D eigenvalue weighted by Gasteiger charge is 2.22. The van der Waals surface area contributed by atoms with E-state index in [1.807, 2.05) is 6.20 Å². The predicted octanol–water partition coefficient (Wildman–Crippen LogP) is 2.99. The number of hydrogen-bond acceptors (Lipinski definition) is 2. The molecule has 0 saturated carbocycles. The van der Waals surface area contributed by atoms with Gasteiger partial charge in [-0.15, -0.1) is 0 Å². The summed E-state index contributed by atoms with van der Waals surface area (Å²) in [4.78, 5) is 4.52. The summed E-state index contributed by atoms with van der Waals surface area (Å²) in [6, 6.07) is 0.398. The van der Waals surface area contributed by atoms with E-state index < -0.39 is 0 Å². The van der Waals surface area contributed by atoms with Crippen LogP contribution in [0.1, 0.15) is 52.4 Å². The molecule has 0 aliphatic carbocycles. The van der Waals surface area contributed by atoms with Crippen LogP contribution in [0.25, 0.3) is 0 Å². The molecule has 0 spiro atoms. The molecular weight excluding hydrogens is 198 g/mol. The molecule has 0 amide bonds. The molecular formula is C13H25N3. The van der Waals surface area contributed by atoms with Crippen molar-refractivity contribution in [3.05, 3.63) is 18.2 Å². The summed E-state index contributed by atoms with van der Waals surface area (Å²) in [6.07, 6.45) is 6.38. The lowest BCUT2D eigenvalue weighted by atomic mass is 9.93. The second-order valence-electron chi connectivity index (χ2n) is 4.18. The summed E-state index contributed by atoms with van der Waals surface area (Å²) in [5, 5.41) is 3.58. The lowest BCUT2D eigenvalue weighted by molar-refractivity contribution is 0.325.